The van der Waals surface area contributed by atoms with Crippen LogP contribution in [0, 0.1) is 18.6 Å². The summed E-state index contributed by atoms with van der Waals surface area (Å²) in [6.07, 6.45) is 0.631. The van der Waals surface area contributed by atoms with Gasteiger partial charge in [-0.25, -0.2) is 8.78 Å². The second kappa shape index (κ2) is 6.13. The minimum atomic E-state index is -0.566. The Morgan fingerprint density at radius 3 is 2.57 bits per heavy atom. The number of nitrogens with two attached hydrogens (primary N) is 1. The van der Waals surface area contributed by atoms with E-state index in [1.54, 1.807) is 0 Å². The van der Waals surface area contributed by atoms with E-state index < -0.39 is 11.6 Å². The molecular weight excluding hydrogens is 294 g/mol. The van der Waals surface area contributed by atoms with E-state index in [0.29, 0.717) is 18.5 Å². The number of benzene rings is 2. The Morgan fingerprint density at radius 1 is 1.13 bits per heavy atom. The fourth-order valence-corrected chi connectivity index (χ4v) is 3.26. The average Bonchev–Trinajstić information content (AvgIpc) is 2.78. The highest BCUT2D eigenvalue weighted by molar-refractivity contribution is 5.85. The number of hydrogen-bond donors (Lipinski definition) is 1. The maximum absolute atomic E-state index is 14.1. The van der Waals surface area contributed by atoms with Gasteiger partial charge in [0.2, 0.25) is 0 Å². The highest BCUT2D eigenvalue weighted by Crippen LogP contribution is 2.30. The van der Waals surface area contributed by atoms with Gasteiger partial charge in [0.25, 0.3) is 0 Å². The Kier molecular flexibility index (Phi) is 4.18. The summed E-state index contributed by atoms with van der Waals surface area (Å²) in [6, 6.07) is 11.9. The van der Waals surface area contributed by atoms with Crippen LogP contribution in [0.1, 0.15) is 22.7 Å². The lowest BCUT2D eigenvalue weighted by Gasteiger charge is -2.16. The first-order valence-electron chi connectivity index (χ1n) is 7.70. The number of nitrogens with zero attached hydrogens (tertiary/aromatic N) is 1. The average molecular weight is 314 g/mol. The van der Waals surface area contributed by atoms with E-state index in [1.807, 2.05) is 19.2 Å². The van der Waals surface area contributed by atoms with Crippen LogP contribution in [0.4, 0.5) is 8.78 Å². The van der Waals surface area contributed by atoms with E-state index in [-0.39, 0.29) is 5.92 Å². The van der Waals surface area contributed by atoms with Crippen molar-refractivity contribution in [2.75, 3.05) is 6.54 Å². The van der Waals surface area contributed by atoms with Crippen molar-refractivity contribution in [3.8, 4) is 0 Å². The molecule has 0 aliphatic heterocycles. The maximum Gasteiger partial charge on any atom is 0.129 e. The first-order valence-corrected chi connectivity index (χ1v) is 7.70. The summed E-state index contributed by atoms with van der Waals surface area (Å²) in [5, 5.41) is 1.16. The monoisotopic (exact) mass is 314 g/mol. The zero-order valence-electron chi connectivity index (χ0n) is 13.3. The second-order valence-electron chi connectivity index (χ2n) is 5.94. The fraction of sp³-hybridized carbons (Fsp3) is 0.263. The molecule has 2 aromatic carbocycles. The van der Waals surface area contributed by atoms with Crippen molar-refractivity contribution < 1.29 is 8.78 Å². The first kappa shape index (κ1) is 15.7. The molecule has 23 heavy (non-hydrogen) atoms. The Bertz CT molecular complexity index is 852. The quantitative estimate of drug-likeness (QED) is 0.774. The molecule has 0 radical (unpaired) electrons. The van der Waals surface area contributed by atoms with Crippen molar-refractivity contribution in [1.82, 2.24) is 4.57 Å². The Hall–Kier alpha value is -2.20. The summed E-state index contributed by atoms with van der Waals surface area (Å²) in [5.41, 5.74) is 9.83. The Balaban J connectivity index is 2.04. The number of rotatable bonds is 4. The zero-order valence-corrected chi connectivity index (χ0v) is 13.3. The van der Waals surface area contributed by atoms with Crippen LogP contribution in [0.15, 0.2) is 42.5 Å². The van der Waals surface area contributed by atoms with E-state index in [0.717, 1.165) is 22.7 Å². The molecule has 4 heteroatoms. The van der Waals surface area contributed by atoms with Crippen LogP contribution in [0.3, 0.4) is 0 Å². The summed E-state index contributed by atoms with van der Waals surface area (Å²) >= 11 is 0. The van der Waals surface area contributed by atoms with Gasteiger partial charge in [0.15, 0.2) is 0 Å². The maximum atomic E-state index is 14.1. The van der Waals surface area contributed by atoms with Crippen LogP contribution in [0.25, 0.3) is 10.9 Å². The lowest BCUT2D eigenvalue weighted by molar-refractivity contribution is 0.551. The molecule has 3 aromatic rings. The van der Waals surface area contributed by atoms with Gasteiger partial charge in [-0.15, -0.1) is 0 Å². The summed E-state index contributed by atoms with van der Waals surface area (Å²) < 4.78 is 29.4. The van der Waals surface area contributed by atoms with Gasteiger partial charge in [-0.05, 0) is 43.1 Å². The van der Waals surface area contributed by atoms with E-state index >= 15 is 0 Å². The number of para-hydroxylation sites is 1. The van der Waals surface area contributed by atoms with Gasteiger partial charge in [0.1, 0.15) is 11.6 Å². The number of hydrogen-bond acceptors (Lipinski definition) is 1. The van der Waals surface area contributed by atoms with Crippen molar-refractivity contribution in [2.45, 2.75) is 19.3 Å². The summed E-state index contributed by atoms with van der Waals surface area (Å²) in [7, 11) is 2.02. The lowest BCUT2D eigenvalue weighted by Crippen LogP contribution is -2.17. The summed E-state index contributed by atoms with van der Waals surface area (Å²) in [4.78, 5) is 0. The summed E-state index contributed by atoms with van der Waals surface area (Å²) in [6.45, 7) is 2.37. The summed E-state index contributed by atoms with van der Waals surface area (Å²) in [5.74, 6) is -1.28. The third kappa shape index (κ3) is 2.75. The molecule has 1 atom stereocenters. The van der Waals surface area contributed by atoms with Gasteiger partial charge in [-0.2, -0.15) is 0 Å². The van der Waals surface area contributed by atoms with Crippen LogP contribution < -0.4 is 5.73 Å². The molecular formula is C19H20F2N2. The molecule has 3 rings (SSSR count). The SMILES string of the molecule is Cc1c(CC(CN)c2ccc(F)cc2F)c2ccccc2n1C. The highest BCUT2D eigenvalue weighted by Gasteiger charge is 2.20. The van der Waals surface area contributed by atoms with Crippen LogP contribution >= 0.6 is 0 Å². The first-order chi connectivity index (χ1) is 11.0. The number of fused-ring (bicyclic) bond motifs is 1. The topological polar surface area (TPSA) is 30.9 Å². The molecule has 2 N–H and O–H groups in total. The number of halogens is 2. The number of aromatic nitrogens is 1. The third-order valence-electron chi connectivity index (χ3n) is 4.67. The van der Waals surface area contributed by atoms with Gasteiger partial charge < -0.3 is 10.3 Å². The molecule has 1 aromatic heterocycles. The van der Waals surface area contributed by atoms with Crippen molar-refractivity contribution in [3.63, 3.8) is 0 Å². The van der Waals surface area contributed by atoms with E-state index in [4.69, 9.17) is 5.73 Å². The normalized spacial score (nSPS) is 12.7. The molecule has 0 spiro atoms. The smallest absolute Gasteiger partial charge is 0.129 e. The van der Waals surface area contributed by atoms with Gasteiger partial charge in [-0.3, -0.25) is 0 Å². The minimum Gasteiger partial charge on any atom is -0.348 e. The van der Waals surface area contributed by atoms with Gasteiger partial charge in [0.05, 0.1) is 0 Å². The molecule has 1 heterocycles. The molecule has 0 amide bonds. The van der Waals surface area contributed by atoms with Gasteiger partial charge in [0, 0.05) is 35.6 Å². The third-order valence-corrected chi connectivity index (χ3v) is 4.67. The van der Waals surface area contributed by atoms with Gasteiger partial charge in [-0.1, -0.05) is 24.3 Å². The minimum absolute atomic E-state index is 0.180. The predicted molar refractivity (Wildman–Crippen MR) is 89.5 cm³/mol. The molecule has 0 aliphatic rings. The molecule has 0 bridgehead atoms. The molecule has 120 valence electrons. The van der Waals surface area contributed by atoms with Crippen LogP contribution in [0.2, 0.25) is 0 Å². The van der Waals surface area contributed by atoms with Crippen molar-refractivity contribution >= 4 is 10.9 Å². The number of aryl methyl sites for hydroxylation is 1. The largest absolute Gasteiger partial charge is 0.348 e. The Morgan fingerprint density at radius 2 is 1.87 bits per heavy atom. The molecule has 0 fully saturated rings. The van der Waals surface area contributed by atoms with E-state index in [9.17, 15) is 8.78 Å². The van der Waals surface area contributed by atoms with Crippen molar-refractivity contribution in [1.29, 1.82) is 0 Å². The second-order valence-corrected chi connectivity index (χ2v) is 5.94. The molecule has 0 aliphatic carbocycles. The fourth-order valence-electron chi connectivity index (χ4n) is 3.26. The molecule has 1 unspecified atom stereocenters. The Labute approximate surface area is 134 Å². The standard InChI is InChI=1S/C19H20F2N2/c1-12-17(16-5-3-4-6-19(16)23(12)2)9-13(11-22)15-8-7-14(20)10-18(15)21/h3-8,10,13H,9,11,22H2,1-2H3. The van der Waals surface area contributed by atoms with Crippen LogP contribution in [0.5, 0.6) is 0 Å². The van der Waals surface area contributed by atoms with Crippen molar-refractivity contribution in [3.05, 3.63) is 70.9 Å². The predicted octanol–water partition coefficient (Wildman–Crippen LogP) is 4.05. The van der Waals surface area contributed by atoms with E-state index in [2.05, 4.69) is 23.6 Å². The van der Waals surface area contributed by atoms with Crippen LogP contribution in [-0.4, -0.2) is 11.1 Å². The van der Waals surface area contributed by atoms with Crippen LogP contribution in [-0.2, 0) is 13.5 Å². The van der Waals surface area contributed by atoms with Gasteiger partial charge >= 0.3 is 0 Å². The lowest BCUT2D eigenvalue weighted by atomic mass is 9.90. The molecule has 0 saturated heterocycles. The van der Waals surface area contributed by atoms with Crippen molar-refractivity contribution in [2.24, 2.45) is 12.8 Å². The highest BCUT2D eigenvalue weighted by atomic mass is 19.1. The molecule has 2 nitrogen and oxygen atoms in total. The molecule has 0 saturated carbocycles. The zero-order chi connectivity index (χ0) is 16.6. The van der Waals surface area contributed by atoms with E-state index in [1.165, 1.54) is 17.7 Å².